The number of hydrogen-bond acceptors (Lipinski definition) is 1. The van der Waals surface area contributed by atoms with E-state index in [9.17, 15) is 5.11 Å². The van der Waals surface area contributed by atoms with Gasteiger partial charge in [0.15, 0.2) is 0 Å². The molecular formula is C15H22O. The standard InChI is InChI=1S/C15H22O/c1-13-6-5-7-14(10-13)11-15(12-16)8-3-2-4-9-15/h5-7,10,16H,2-4,8-9,11-12H2,1H3. The maximum atomic E-state index is 9.67. The lowest BCUT2D eigenvalue weighted by molar-refractivity contribution is 0.0823. The van der Waals surface area contributed by atoms with E-state index in [4.69, 9.17) is 0 Å². The summed E-state index contributed by atoms with van der Waals surface area (Å²) in [6.45, 7) is 2.48. The molecule has 1 nitrogen and oxygen atoms in total. The molecule has 1 heteroatoms. The Labute approximate surface area is 98.5 Å². The van der Waals surface area contributed by atoms with Gasteiger partial charge in [-0.15, -0.1) is 0 Å². The van der Waals surface area contributed by atoms with E-state index in [1.54, 1.807) is 0 Å². The highest BCUT2D eigenvalue weighted by atomic mass is 16.3. The molecule has 0 atom stereocenters. The van der Waals surface area contributed by atoms with Crippen molar-refractivity contribution in [2.45, 2.75) is 45.4 Å². The minimum Gasteiger partial charge on any atom is -0.396 e. The molecule has 0 aromatic heterocycles. The fourth-order valence-corrected chi connectivity index (χ4v) is 2.95. The van der Waals surface area contributed by atoms with E-state index < -0.39 is 0 Å². The summed E-state index contributed by atoms with van der Waals surface area (Å²) in [5.41, 5.74) is 2.88. The molecule has 0 radical (unpaired) electrons. The van der Waals surface area contributed by atoms with Crippen LogP contribution in [-0.2, 0) is 6.42 Å². The van der Waals surface area contributed by atoms with Crippen molar-refractivity contribution in [2.75, 3.05) is 6.61 Å². The van der Waals surface area contributed by atoms with Gasteiger partial charge in [-0.25, -0.2) is 0 Å². The van der Waals surface area contributed by atoms with Crippen LogP contribution in [0.3, 0.4) is 0 Å². The van der Waals surface area contributed by atoms with E-state index in [1.165, 1.54) is 43.2 Å². The zero-order valence-electron chi connectivity index (χ0n) is 10.2. The molecule has 1 aliphatic rings. The Hall–Kier alpha value is -0.820. The zero-order valence-corrected chi connectivity index (χ0v) is 10.2. The highest BCUT2D eigenvalue weighted by molar-refractivity contribution is 5.23. The van der Waals surface area contributed by atoms with Crippen LogP contribution in [0.25, 0.3) is 0 Å². The van der Waals surface area contributed by atoms with Crippen molar-refractivity contribution < 1.29 is 5.11 Å². The average Bonchev–Trinajstić information content (AvgIpc) is 2.30. The second-order valence-electron chi connectivity index (χ2n) is 5.38. The van der Waals surface area contributed by atoms with E-state index in [1.807, 2.05) is 0 Å². The lowest BCUT2D eigenvalue weighted by Crippen LogP contribution is -2.30. The molecule has 1 aromatic rings. The second kappa shape index (κ2) is 5.01. The third-order valence-corrected chi connectivity index (χ3v) is 3.91. The molecule has 1 N–H and O–H groups in total. The van der Waals surface area contributed by atoms with E-state index in [0.717, 1.165) is 6.42 Å². The lowest BCUT2D eigenvalue weighted by Gasteiger charge is -2.35. The third kappa shape index (κ3) is 2.65. The van der Waals surface area contributed by atoms with Gasteiger partial charge in [-0.05, 0) is 37.2 Å². The Morgan fingerprint density at radius 3 is 2.56 bits per heavy atom. The van der Waals surface area contributed by atoms with Gasteiger partial charge in [0.05, 0.1) is 0 Å². The monoisotopic (exact) mass is 218 g/mol. The van der Waals surface area contributed by atoms with Gasteiger partial charge in [-0.2, -0.15) is 0 Å². The predicted octanol–water partition coefficient (Wildman–Crippen LogP) is 3.48. The Balaban J connectivity index is 2.11. The van der Waals surface area contributed by atoms with Crippen molar-refractivity contribution in [1.82, 2.24) is 0 Å². The zero-order chi connectivity index (χ0) is 11.4. The molecule has 1 saturated carbocycles. The van der Waals surface area contributed by atoms with E-state index in [-0.39, 0.29) is 5.41 Å². The van der Waals surface area contributed by atoms with Crippen LogP contribution in [0.2, 0.25) is 0 Å². The molecule has 1 aliphatic carbocycles. The average molecular weight is 218 g/mol. The quantitative estimate of drug-likeness (QED) is 0.823. The maximum absolute atomic E-state index is 9.67. The van der Waals surface area contributed by atoms with Gasteiger partial charge in [-0.1, -0.05) is 49.1 Å². The first-order valence-corrected chi connectivity index (χ1v) is 6.41. The summed E-state index contributed by atoms with van der Waals surface area (Å²) < 4.78 is 0. The van der Waals surface area contributed by atoms with E-state index in [0.29, 0.717) is 6.61 Å². The highest BCUT2D eigenvalue weighted by Crippen LogP contribution is 2.38. The first-order valence-electron chi connectivity index (χ1n) is 6.41. The number of benzene rings is 1. The number of aryl methyl sites for hydroxylation is 1. The lowest BCUT2D eigenvalue weighted by atomic mass is 9.71. The number of aliphatic hydroxyl groups is 1. The maximum Gasteiger partial charge on any atom is 0.0490 e. The summed E-state index contributed by atoms with van der Waals surface area (Å²) in [6, 6.07) is 8.71. The molecule has 0 aliphatic heterocycles. The van der Waals surface area contributed by atoms with Crippen molar-refractivity contribution in [2.24, 2.45) is 5.41 Å². The summed E-state index contributed by atoms with van der Waals surface area (Å²) in [4.78, 5) is 0. The number of aliphatic hydroxyl groups excluding tert-OH is 1. The van der Waals surface area contributed by atoms with Crippen molar-refractivity contribution in [3.63, 3.8) is 0 Å². The van der Waals surface area contributed by atoms with Gasteiger partial charge in [0, 0.05) is 6.61 Å². The molecule has 1 aromatic carbocycles. The van der Waals surface area contributed by atoms with Crippen LogP contribution in [-0.4, -0.2) is 11.7 Å². The Kier molecular flexibility index (Phi) is 3.65. The summed E-state index contributed by atoms with van der Waals surface area (Å²) in [6.07, 6.45) is 7.34. The molecule has 0 spiro atoms. The van der Waals surface area contributed by atoms with E-state index in [2.05, 4.69) is 31.2 Å². The largest absolute Gasteiger partial charge is 0.396 e. The smallest absolute Gasteiger partial charge is 0.0490 e. The SMILES string of the molecule is Cc1cccc(CC2(CO)CCCCC2)c1. The van der Waals surface area contributed by atoms with Gasteiger partial charge in [0.2, 0.25) is 0 Å². The number of hydrogen-bond donors (Lipinski definition) is 1. The Morgan fingerprint density at radius 2 is 1.94 bits per heavy atom. The van der Waals surface area contributed by atoms with Crippen molar-refractivity contribution in [1.29, 1.82) is 0 Å². The summed E-state index contributed by atoms with van der Waals surface area (Å²) in [5, 5.41) is 9.67. The molecule has 0 heterocycles. The molecule has 0 amide bonds. The van der Waals surface area contributed by atoms with Gasteiger partial charge < -0.3 is 5.11 Å². The first kappa shape index (κ1) is 11.7. The molecule has 1 fully saturated rings. The van der Waals surface area contributed by atoms with Crippen LogP contribution in [0.4, 0.5) is 0 Å². The second-order valence-corrected chi connectivity index (χ2v) is 5.38. The van der Waals surface area contributed by atoms with Crippen LogP contribution < -0.4 is 0 Å². The molecule has 0 bridgehead atoms. The van der Waals surface area contributed by atoms with Gasteiger partial charge in [-0.3, -0.25) is 0 Å². The predicted molar refractivity (Wildman–Crippen MR) is 67.5 cm³/mol. The summed E-state index contributed by atoms with van der Waals surface area (Å²) >= 11 is 0. The summed E-state index contributed by atoms with van der Waals surface area (Å²) in [5.74, 6) is 0. The van der Waals surface area contributed by atoms with Crippen LogP contribution in [0.5, 0.6) is 0 Å². The Bertz CT molecular complexity index is 337. The first-order chi connectivity index (χ1) is 7.74. The van der Waals surface area contributed by atoms with Crippen molar-refractivity contribution in [3.8, 4) is 0 Å². The fourth-order valence-electron chi connectivity index (χ4n) is 2.95. The third-order valence-electron chi connectivity index (χ3n) is 3.91. The van der Waals surface area contributed by atoms with Crippen LogP contribution >= 0.6 is 0 Å². The van der Waals surface area contributed by atoms with Crippen LogP contribution in [0.1, 0.15) is 43.2 Å². The van der Waals surface area contributed by atoms with Crippen LogP contribution in [0, 0.1) is 12.3 Å². The fraction of sp³-hybridized carbons (Fsp3) is 0.600. The van der Waals surface area contributed by atoms with Crippen LogP contribution in [0.15, 0.2) is 24.3 Å². The minimum atomic E-state index is 0.173. The highest BCUT2D eigenvalue weighted by Gasteiger charge is 2.31. The van der Waals surface area contributed by atoms with Crippen molar-refractivity contribution >= 4 is 0 Å². The minimum absolute atomic E-state index is 0.173. The molecule has 88 valence electrons. The van der Waals surface area contributed by atoms with Gasteiger partial charge in [0.25, 0.3) is 0 Å². The molecule has 2 rings (SSSR count). The summed E-state index contributed by atoms with van der Waals surface area (Å²) in [7, 11) is 0. The Morgan fingerprint density at radius 1 is 1.19 bits per heavy atom. The van der Waals surface area contributed by atoms with Crippen molar-refractivity contribution in [3.05, 3.63) is 35.4 Å². The molecule has 0 unspecified atom stereocenters. The number of rotatable bonds is 3. The topological polar surface area (TPSA) is 20.2 Å². The molecule has 16 heavy (non-hydrogen) atoms. The molecule has 0 saturated heterocycles. The van der Waals surface area contributed by atoms with E-state index >= 15 is 0 Å². The van der Waals surface area contributed by atoms with Gasteiger partial charge >= 0.3 is 0 Å². The normalized spacial score (nSPS) is 19.6. The van der Waals surface area contributed by atoms with Gasteiger partial charge in [0.1, 0.15) is 0 Å². The molecular weight excluding hydrogens is 196 g/mol.